The summed E-state index contributed by atoms with van der Waals surface area (Å²) >= 11 is 1.29. The van der Waals surface area contributed by atoms with Gasteiger partial charge < -0.3 is 9.73 Å². The number of benzene rings is 2. The van der Waals surface area contributed by atoms with Crippen LogP contribution in [-0.2, 0) is 11.3 Å². The van der Waals surface area contributed by atoms with E-state index in [9.17, 15) is 9.59 Å². The van der Waals surface area contributed by atoms with Crippen LogP contribution in [0.15, 0.2) is 82.6 Å². The molecule has 0 saturated heterocycles. The molecule has 7 nitrogen and oxygen atoms in total. The first-order chi connectivity index (χ1) is 15.2. The van der Waals surface area contributed by atoms with Crippen molar-refractivity contribution in [1.82, 2.24) is 14.8 Å². The molecule has 8 heteroatoms. The van der Waals surface area contributed by atoms with Crippen molar-refractivity contribution in [3.05, 3.63) is 84.1 Å². The molecular formula is C23H20N4O3S. The zero-order valence-corrected chi connectivity index (χ0v) is 17.6. The molecule has 1 N–H and O–H groups in total. The standard InChI is InChI=1S/C23H20N4O3S/c1-2-27-22(19-12-7-13-30-19)25-26-23(27)31-15-20(28)24-18-11-6-10-17(14-18)21(29)16-8-4-3-5-9-16/h3-14H,2,15H2,1H3,(H,24,28). The monoisotopic (exact) mass is 432 g/mol. The minimum absolute atomic E-state index is 0.0902. The third-order valence-corrected chi connectivity index (χ3v) is 5.52. The maximum absolute atomic E-state index is 12.6. The number of thioether (sulfide) groups is 1. The van der Waals surface area contributed by atoms with Gasteiger partial charge in [-0.1, -0.05) is 54.2 Å². The lowest BCUT2D eigenvalue weighted by Crippen LogP contribution is -2.15. The molecule has 2 aromatic heterocycles. The summed E-state index contributed by atoms with van der Waals surface area (Å²) in [5.41, 5.74) is 1.69. The summed E-state index contributed by atoms with van der Waals surface area (Å²) in [6, 6.07) is 19.6. The van der Waals surface area contributed by atoms with Crippen LogP contribution >= 0.6 is 11.8 Å². The Hall–Kier alpha value is -3.65. The van der Waals surface area contributed by atoms with Crippen LogP contribution in [-0.4, -0.2) is 32.2 Å². The second-order valence-electron chi connectivity index (χ2n) is 6.64. The molecule has 0 radical (unpaired) electrons. The number of hydrogen-bond donors (Lipinski definition) is 1. The van der Waals surface area contributed by atoms with Crippen LogP contribution in [0, 0.1) is 0 Å². The Labute approximate surface area is 183 Å². The van der Waals surface area contributed by atoms with Crippen molar-refractivity contribution < 1.29 is 14.0 Å². The van der Waals surface area contributed by atoms with Crippen molar-refractivity contribution in [2.75, 3.05) is 11.1 Å². The average Bonchev–Trinajstić information content (AvgIpc) is 3.47. The number of aromatic nitrogens is 3. The largest absolute Gasteiger partial charge is 0.461 e. The van der Waals surface area contributed by atoms with Crippen molar-refractivity contribution in [3.8, 4) is 11.6 Å². The Balaban J connectivity index is 1.40. The third-order valence-electron chi connectivity index (χ3n) is 4.55. The number of carbonyl (C=O) groups is 2. The summed E-state index contributed by atoms with van der Waals surface area (Å²) in [4.78, 5) is 25.1. The number of nitrogens with one attached hydrogen (secondary N) is 1. The van der Waals surface area contributed by atoms with Crippen LogP contribution in [0.3, 0.4) is 0 Å². The van der Waals surface area contributed by atoms with E-state index in [1.54, 1.807) is 48.7 Å². The fourth-order valence-electron chi connectivity index (χ4n) is 3.09. The molecule has 156 valence electrons. The van der Waals surface area contributed by atoms with Crippen molar-refractivity contribution >= 4 is 29.1 Å². The van der Waals surface area contributed by atoms with Gasteiger partial charge in [0.15, 0.2) is 22.5 Å². The van der Waals surface area contributed by atoms with Crippen molar-refractivity contribution in [2.45, 2.75) is 18.6 Å². The Morgan fingerprint density at radius 2 is 1.81 bits per heavy atom. The van der Waals surface area contributed by atoms with Gasteiger partial charge >= 0.3 is 0 Å². The fourth-order valence-corrected chi connectivity index (χ4v) is 3.89. The highest BCUT2D eigenvalue weighted by Gasteiger charge is 2.16. The average molecular weight is 433 g/mol. The van der Waals surface area contributed by atoms with Crippen LogP contribution in [0.2, 0.25) is 0 Å². The predicted molar refractivity (Wildman–Crippen MR) is 119 cm³/mol. The number of hydrogen-bond acceptors (Lipinski definition) is 6. The quantitative estimate of drug-likeness (QED) is 0.325. The minimum Gasteiger partial charge on any atom is -0.461 e. The number of amides is 1. The van der Waals surface area contributed by atoms with Gasteiger partial charge in [-0.25, -0.2) is 0 Å². The summed E-state index contributed by atoms with van der Waals surface area (Å²) in [5, 5.41) is 11.8. The fraction of sp³-hybridized carbons (Fsp3) is 0.130. The van der Waals surface area contributed by atoms with E-state index in [4.69, 9.17) is 4.42 Å². The molecule has 0 aliphatic heterocycles. The van der Waals surface area contributed by atoms with Crippen LogP contribution in [0.5, 0.6) is 0 Å². The summed E-state index contributed by atoms with van der Waals surface area (Å²) in [6.07, 6.45) is 1.58. The van der Waals surface area contributed by atoms with Crippen LogP contribution in [0.25, 0.3) is 11.6 Å². The van der Waals surface area contributed by atoms with Crippen molar-refractivity contribution in [2.24, 2.45) is 0 Å². The summed E-state index contributed by atoms with van der Waals surface area (Å²) in [6.45, 7) is 2.63. The lowest BCUT2D eigenvalue weighted by atomic mass is 10.0. The van der Waals surface area contributed by atoms with E-state index in [0.29, 0.717) is 40.1 Å². The second kappa shape index (κ2) is 9.44. The summed E-state index contributed by atoms with van der Waals surface area (Å²) in [7, 11) is 0. The van der Waals surface area contributed by atoms with Gasteiger partial charge in [-0.05, 0) is 31.2 Å². The predicted octanol–water partition coefficient (Wildman–Crippen LogP) is 4.52. The molecule has 0 atom stereocenters. The molecule has 0 bridgehead atoms. The minimum atomic E-state index is -0.195. The molecule has 0 spiro atoms. The van der Waals surface area contributed by atoms with E-state index in [-0.39, 0.29) is 17.4 Å². The van der Waals surface area contributed by atoms with E-state index in [2.05, 4.69) is 15.5 Å². The van der Waals surface area contributed by atoms with Gasteiger partial charge in [-0.3, -0.25) is 14.2 Å². The smallest absolute Gasteiger partial charge is 0.234 e. The lowest BCUT2D eigenvalue weighted by molar-refractivity contribution is -0.113. The molecule has 31 heavy (non-hydrogen) atoms. The van der Waals surface area contributed by atoms with Gasteiger partial charge in [0, 0.05) is 23.4 Å². The highest BCUT2D eigenvalue weighted by atomic mass is 32.2. The van der Waals surface area contributed by atoms with E-state index in [0.717, 1.165) is 0 Å². The zero-order chi connectivity index (χ0) is 21.6. The number of carbonyl (C=O) groups excluding carboxylic acids is 2. The zero-order valence-electron chi connectivity index (χ0n) is 16.8. The Morgan fingerprint density at radius 1 is 1.00 bits per heavy atom. The highest BCUT2D eigenvalue weighted by Crippen LogP contribution is 2.24. The summed E-state index contributed by atoms with van der Waals surface area (Å²) in [5.74, 6) is 1.13. The highest BCUT2D eigenvalue weighted by molar-refractivity contribution is 7.99. The molecule has 4 aromatic rings. The number of anilines is 1. The molecule has 2 heterocycles. The first-order valence-corrected chi connectivity index (χ1v) is 10.7. The van der Waals surface area contributed by atoms with Gasteiger partial charge in [-0.2, -0.15) is 0 Å². The van der Waals surface area contributed by atoms with Gasteiger partial charge in [0.1, 0.15) is 0 Å². The molecular weight excluding hydrogens is 412 g/mol. The molecule has 0 unspecified atom stereocenters. The molecule has 2 aromatic carbocycles. The van der Waals surface area contributed by atoms with E-state index < -0.39 is 0 Å². The lowest BCUT2D eigenvalue weighted by Gasteiger charge is -2.08. The van der Waals surface area contributed by atoms with Gasteiger partial charge in [0.25, 0.3) is 0 Å². The molecule has 4 rings (SSSR count). The molecule has 0 saturated carbocycles. The van der Waals surface area contributed by atoms with E-state index in [1.165, 1.54) is 11.8 Å². The molecule has 0 fully saturated rings. The number of ketones is 1. The van der Waals surface area contributed by atoms with Crippen LogP contribution in [0.4, 0.5) is 5.69 Å². The maximum atomic E-state index is 12.6. The molecule has 0 aliphatic rings. The van der Waals surface area contributed by atoms with Gasteiger partial charge in [0.2, 0.25) is 5.91 Å². The van der Waals surface area contributed by atoms with Gasteiger partial charge in [0.05, 0.1) is 12.0 Å². The Kier molecular flexibility index (Phi) is 6.28. The maximum Gasteiger partial charge on any atom is 0.234 e. The first-order valence-electron chi connectivity index (χ1n) is 9.75. The third kappa shape index (κ3) is 4.75. The number of furan rings is 1. The summed E-state index contributed by atoms with van der Waals surface area (Å²) < 4.78 is 7.30. The molecule has 1 amide bonds. The second-order valence-corrected chi connectivity index (χ2v) is 7.58. The van der Waals surface area contributed by atoms with Crippen LogP contribution in [0.1, 0.15) is 22.8 Å². The Bertz CT molecular complexity index is 1190. The van der Waals surface area contributed by atoms with E-state index in [1.807, 2.05) is 35.8 Å². The SMILES string of the molecule is CCn1c(SCC(=O)Nc2cccc(C(=O)c3ccccc3)c2)nnc1-c1ccco1. The van der Waals surface area contributed by atoms with Crippen LogP contribution < -0.4 is 5.32 Å². The number of nitrogens with zero attached hydrogens (tertiary/aromatic N) is 3. The van der Waals surface area contributed by atoms with Crippen molar-refractivity contribution in [3.63, 3.8) is 0 Å². The van der Waals surface area contributed by atoms with E-state index >= 15 is 0 Å². The Morgan fingerprint density at radius 3 is 2.55 bits per heavy atom. The topological polar surface area (TPSA) is 90.0 Å². The normalized spacial score (nSPS) is 10.7. The molecule has 0 aliphatic carbocycles. The van der Waals surface area contributed by atoms with Gasteiger partial charge in [-0.15, -0.1) is 10.2 Å². The first kappa shape index (κ1) is 20.6. The number of rotatable bonds is 8. The van der Waals surface area contributed by atoms with Crippen molar-refractivity contribution in [1.29, 1.82) is 0 Å².